The van der Waals surface area contributed by atoms with Crippen molar-refractivity contribution in [2.75, 3.05) is 32.8 Å². The highest BCUT2D eigenvalue weighted by molar-refractivity contribution is 5.69. The van der Waals surface area contributed by atoms with E-state index in [2.05, 4.69) is 14.8 Å². The summed E-state index contributed by atoms with van der Waals surface area (Å²) in [5, 5.41) is 18.6. The van der Waals surface area contributed by atoms with Crippen molar-refractivity contribution in [3.8, 4) is 11.1 Å². The Kier molecular flexibility index (Phi) is 10.9. The topological polar surface area (TPSA) is 86.1 Å². The number of benzene rings is 2. The Morgan fingerprint density at radius 1 is 0.933 bits per heavy atom. The van der Waals surface area contributed by atoms with Crippen LogP contribution in [-0.2, 0) is 28.2 Å². The number of carbonyl (C=O) groups is 1. The lowest BCUT2D eigenvalue weighted by Crippen LogP contribution is -2.53. The lowest BCUT2D eigenvalue weighted by molar-refractivity contribution is -0.376. The van der Waals surface area contributed by atoms with Gasteiger partial charge in [0.15, 0.2) is 0 Å². The predicted molar refractivity (Wildman–Crippen MR) is 154 cm³/mol. The van der Waals surface area contributed by atoms with Gasteiger partial charge in [0.1, 0.15) is 6.61 Å². The molecule has 2 N–H and O–H groups in total. The van der Waals surface area contributed by atoms with E-state index >= 15 is 0 Å². The number of piperazine rings is 1. The molecule has 1 saturated heterocycles. The highest BCUT2D eigenvalue weighted by atomic mass is 19.4. The minimum Gasteiger partial charge on any atom is -0.463 e. The summed E-state index contributed by atoms with van der Waals surface area (Å²) in [5.41, 5.74) is -2.42. The van der Waals surface area contributed by atoms with Crippen molar-refractivity contribution in [3.63, 3.8) is 0 Å². The van der Waals surface area contributed by atoms with Gasteiger partial charge in [-0.3, -0.25) is 19.6 Å². The molecular formula is C32H35F6N3O4. The highest BCUT2D eigenvalue weighted by Gasteiger charge is 2.71. The van der Waals surface area contributed by atoms with Crippen LogP contribution >= 0.6 is 0 Å². The Morgan fingerprint density at radius 2 is 1.60 bits per heavy atom. The second kappa shape index (κ2) is 14.3. The summed E-state index contributed by atoms with van der Waals surface area (Å²) in [6.45, 7) is 5.02. The van der Waals surface area contributed by atoms with Crippen molar-refractivity contribution < 1.29 is 46.1 Å². The average Bonchev–Trinajstić information content (AvgIpc) is 2.99. The van der Waals surface area contributed by atoms with Gasteiger partial charge in [-0.1, -0.05) is 42.5 Å². The first-order valence-electron chi connectivity index (χ1n) is 14.4. The van der Waals surface area contributed by atoms with Crippen LogP contribution in [0.1, 0.15) is 35.1 Å². The molecule has 4 rings (SSSR count). The molecule has 2 aromatic carbocycles. The lowest BCUT2D eigenvalue weighted by atomic mass is 9.90. The Morgan fingerprint density at radius 3 is 2.20 bits per heavy atom. The quantitative estimate of drug-likeness (QED) is 0.216. The van der Waals surface area contributed by atoms with Crippen LogP contribution in [0.2, 0.25) is 0 Å². The third-order valence-corrected chi connectivity index (χ3v) is 7.99. The monoisotopic (exact) mass is 639 g/mol. The van der Waals surface area contributed by atoms with Crippen LogP contribution in [0.3, 0.4) is 0 Å². The van der Waals surface area contributed by atoms with Gasteiger partial charge in [0.05, 0.1) is 6.61 Å². The van der Waals surface area contributed by atoms with Crippen molar-refractivity contribution in [2.45, 2.75) is 56.9 Å². The van der Waals surface area contributed by atoms with E-state index in [0.29, 0.717) is 42.8 Å². The van der Waals surface area contributed by atoms with Crippen LogP contribution in [0.5, 0.6) is 0 Å². The van der Waals surface area contributed by atoms with Crippen LogP contribution in [-0.4, -0.2) is 82.2 Å². The SMILES string of the molecule is Cc1cc(CN2CCN(Cc3ccncc3)C[C@@H]2CCC(=O)OCCO)ccc1-c1ccc(C(O)(C(F)(F)F)C(F)(F)F)cc1. The van der Waals surface area contributed by atoms with Gasteiger partial charge in [0.2, 0.25) is 0 Å². The van der Waals surface area contributed by atoms with E-state index in [1.807, 2.05) is 24.3 Å². The molecule has 244 valence electrons. The fraction of sp³-hybridized carbons (Fsp3) is 0.438. The molecule has 1 atom stereocenters. The van der Waals surface area contributed by atoms with E-state index in [0.717, 1.165) is 48.5 Å². The minimum absolute atomic E-state index is 0.0239. The number of aryl methyl sites for hydroxylation is 1. The number of aromatic nitrogens is 1. The number of halogens is 6. The molecule has 1 aromatic heterocycles. The summed E-state index contributed by atoms with van der Waals surface area (Å²) in [4.78, 5) is 20.8. The molecule has 0 aliphatic carbocycles. The molecule has 3 aromatic rings. The number of ether oxygens (including phenoxy) is 1. The number of aliphatic hydroxyl groups is 2. The fourth-order valence-corrected chi connectivity index (χ4v) is 5.61. The predicted octanol–water partition coefficient (Wildman–Crippen LogP) is 5.37. The van der Waals surface area contributed by atoms with Crippen molar-refractivity contribution >= 4 is 5.97 Å². The van der Waals surface area contributed by atoms with Crippen LogP contribution < -0.4 is 0 Å². The number of hydrogen-bond donors (Lipinski definition) is 2. The van der Waals surface area contributed by atoms with E-state index < -0.39 is 23.5 Å². The minimum atomic E-state index is -5.95. The van der Waals surface area contributed by atoms with Gasteiger partial charge in [-0.25, -0.2) is 0 Å². The molecule has 0 saturated carbocycles. The molecule has 13 heteroatoms. The van der Waals surface area contributed by atoms with Crippen LogP contribution in [0.15, 0.2) is 67.0 Å². The zero-order valence-corrected chi connectivity index (χ0v) is 24.6. The summed E-state index contributed by atoms with van der Waals surface area (Å²) in [6.07, 6.45) is -7.69. The molecule has 1 aliphatic rings. The van der Waals surface area contributed by atoms with E-state index in [-0.39, 0.29) is 31.6 Å². The van der Waals surface area contributed by atoms with E-state index in [1.165, 1.54) is 0 Å². The maximum atomic E-state index is 13.3. The molecule has 0 amide bonds. The average molecular weight is 640 g/mol. The van der Waals surface area contributed by atoms with Gasteiger partial charge < -0.3 is 14.9 Å². The smallest absolute Gasteiger partial charge is 0.430 e. The van der Waals surface area contributed by atoms with Crippen molar-refractivity contribution in [2.24, 2.45) is 0 Å². The van der Waals surface area contributed by atoms with Crippen molar-refractivity contribution in [1.82, 2.24) is 14.8 Å². The molecular weight excluding hydrogens is 604 g/mol. The molecule has 0 bridgehead atoms. The molecule has 45 heavy (non-hydrogen) atoms. The lowest BCUT2D eigenvalue weighted by Gasteiger charge is -2.41. The first-order chi connectivity index (χ1) is 21.2. The van der Waals surface area contributed by atoms with Gasteiger partial charge in [0, 0.05) is 63.1 Å². The number of carbonyl (C=O) groups excluding carboxylic acids is 1. The Hall–Kier alpha value is -3.52. The van der Waals surface area contributed by atoms with Gasteiger partial charge in [-0.2, -0.15) is 26.3 Å². The number of nitrogens with zero attached hydrogens (tertiary/aromatic N) is 3. The number of pyridine rings is 1. The van der Waals surface area contributed by atoms with E-state index in [1.54, 1.807) is 25.4 Å². The number of esters is 1. The van der Waals surface area contributed by atoms with Crippen molar-refractivity contribution in [1.29, 1.82) is 0 Å². The molecule has 1 fully saturated rings. The number of alkyl halides is 6. The summed E-state index contributed by atoms with van der Waals surface area (Å²) in [7, 11) is 0. The Labute approximate surface area is 257 Å². The molecule has 7 nitrogen and oxygen atoms in total. The number of rotatable bonds is 11. The summed E-state index contributed by atoms with van der Waals surface area (Å²) in [6, 6.07) is 13.0. The summed E-state index contributed by atoms with van der Waals surface area (Å²) >= 11 is 0. The Bertz CT molecular complexity index is 1400. The first kappa shape index (κ1) is 34.4. The van der Waals surface area contributed by atoms with E-state index in [4.69, 9.17) is 9.84 Å². The van der Waals surface area contributed by atoms with Gasteiger partial charge in [0.25, 0.3) is 5.60 Å². The zero-order valence-electron chi connectivity index (χ0n) is 24.6. The molecule has 0 unspecified atom stereocenters. The summed E-state index contributed by atoms with van der Waals surface area (Å²) < 4.78 is 84.7. The number of aliphatic hydroxyl groups excluding tert-OH is 1. The molecule has 0 spiro atoms. The maximum absolute atomic E-state index is 13.3. The highest BCUT2D eigenvalue weighted by Crippen LogP contribution is 2.50. The summed E-state index contributed by atoms with van der Waals surface area (Å²) in [5.74, 6) is -0.384. The van der Waals surface area contributed by atoms with Crippen LogP contribution in [0.25, 0.3) is 11.1 Å². The Balaban J connectivity index is 1.49. The van der Waals surface area contributed by atoms with Gasteiger partial charge in [-0.05, 0) is 53.3 Å². The van der Waals surface area contributed by atoms with Gasteiger partial charge in [-0.15, -0.1) is 0 Å². The maximum Gasteiger partial charge on any atom is 0.430 e. The second-order valence-electron chi connectivity index (χ2n) is 11.1. The normalized spacial score (nSPS) is 17.0. The first-order valence-corrected chi connectivity index (χ1v) is 14.4. The third kappa shape index (κ3) is 8.20. The standard InChI is InChI=1S/C32H35F6N3O4/c1-22-18-24(2-8-28(22)25-3-5-26(6-4-25)30(44,31(33,34)35)32(36,37)38)20-41-15-14-40(19-23-10-12-39-13-11-23)21-27(41)7-9-29(43)45-17-16-42/h2-6,8,10-13,18,27,42,44H,7,9,14-17,19-21H2,1H3/t27-/m0/s1. The van der Waals surface area contributed by atoms with E-state index in [9.17, 15) is 36.2 Å². The largest absolute Gasteiger partial charge is 0.463 e. The third-order valence-electron chi connectivity index (χ3n) is 7.99. The fourth-order valence-electron chi connectivity index (χ4n) is 5.61. The van der Waals surface area contributed by atoms with Crippen LogP contribution in [0, 0.1) is 6.92 Å². The zero-order chi connectivity index (χ0) is 32.8. The van der Waals surface area contributed by atoms with Gasteiger partial charge >= 0.3 is 18.3 Å². The van der Waals surface area contributed by atoms with Crippen LogP contribution in [0.4, 0.5) is 26.3 Å². The van der Waals surface area contributed by atoms with Crippen molar-refractivity contribution in [3.05, 3.63) is 89.2 Å². The molecule has 1 aliphatic heterocycles. The molecule has 2 heterocycles. The number of hydrogen-bond acceptors (Lipinski definition) is 7. The molecule has 0 radical (unpaired) electrons. The second-order valence-corrected chi connectivity index (χ2v) is 11.1.